The Balaban J connectivity index is 1.63. The second kappa shape index (κ2) is 8.38. The first-order chi connectivity index (χ1) is 13.4. The summed E-state index contributed by atoms with van der Waals surface area (Å²) in [5.41, 5.74) is 2.38. The molecule has 3 aromatic rings. The summed E-state index contributed by atoms with van der Waals surface area (Å²) in [7, 11) is 0. The molecule has 2 N–H and O–H groups in total. The first-order valence-electron chi connectivity index (χ1n) is 8.62. The van der Waals surface area contributed by atoms with Crippen molar-refractivity contribution < 1.29 is 19.2 Å². The van der Waals surface area contributed by atoms with E-state index in [2.05, 4.69) is 25.4 Å². The lowest BCUT2D eigenvalue weighted by molar-refractivity contribution is -0.142. The Hall–Kier alpha value is -3.62. The summed E-state index contributed by atoms with van der Waals surface area (Å²) in [5, 5.41) is 15.8. The molecule has 144 valence electrons. The second-order valence-electron chi connectivity index (χ2n) is 6.34. The summed E-state index contributed by atoms with van der Waals surface area (Å²) < 4.78 is 5.10. The van der Waals surface area contributed by atoms with Crippen LogP contribution in [0.25, 0.3) is 11.6 Å². The highest BCUT2D eigenvalue weighted by Crippen LogP contribution is 2.18. The van der Waals surface area contributed by atoms with E-state index in [1.165, 1.54) is 0 Å². The molecule has 0 aliphatic heterocycles. The maximum absolute atomic E-state index is 12.3. The zero-order valence-electron chi connectivity index (χ0n) is 15.4. The Morgan fingerprint density at radius 2 is 1.79 bits per heavy atom. The van der Waals surface area contributed by atoms with E-state index in [1.807, 2.05) is 19.9 Å². The monoisotopic (exact) mass is 381 g/mol. The van der Waals surface area contributed by atoms with Gasteiger partial charge in [-0.25, -0.2) is 14.8 Å². The number of benzene rings is 1. The van der Waals surface area contributed by atoms with Crippen LogP contribution in [0.3, 0.4) is 0 Å². The largest absolute Gasteiger partial charge is 0.479 e. The lowest BCUT2D eigenvalue weighted by Crippen LogP contribution is -2.34. The topological polar surface area (TPSA) is 131 Å². The molecule has 9 nitrogen and oxygen atoms in total. The van der Waals surface area contributed by atoms with Gasteiger partial charge in [0.25, 0.3) is 0 Å². The Morgan fingerprint density at radius 3 is 2.43 bits per heavy atom. The fraction of sp³-hybridized carbons (Fsp3) is 0.263. The molecule has 0 fully saturated rings. The van der Waals surface area contributed by atoms with Crippen LogP contribution in [0.15, 0.2) is 41.2 Å². The first-order valence-corrected chi connectivity index (χ1v) is 8.62. The van der Waals surface area contributed by atoms with Crippen molar-refractivity contribution >= 4 is 11.9 Å². The Labute approximate surface area is 160 Å². The highest BCUT2D eigenvalue weighted by atomic mass is 16.5. The third-order valence-electron chi connectivity index (χ3n) is 3.93. The Bertz CT molecular complexity index is 967. The molecule has 1 atom stereocenters. The van der Waals surface area contributed by atoms with Crippen LogP contribution >= 0.6 is 0 Å². The van der Waals surface area contributed by atoms with Crippen LogP contribution in [0.1, 0.15) is 35.0 Å². The van der Waals surface area contributed by atoms with Gasteiger partial charge < -0.3 is 14.9 Å². The minimum atomic E-state index is -1.13. The van der Waals surface area contributed by atoms with E-state index in [0.717, 1.165) is 11.1 Å². The highest BCUT2D eigenvalue weighted by Gasteiger charge is 2.23. The van der Waals surface area contributed by atoms with E-state index in [1.54, 1.807) is 30.6 Å². The maximum Gasteiger partial charge on any atom is 0.330 e. The highest BCUT2D eigenvalue weighted by molar-refractivity contribution is 5.84. The predicted octanol–water partition coefficient (Wildman–Crippen LogP) is 2.02. The van der Waals surface area contributed by atoms with Crippen LogP contribution < -0.4 is 5.32 Å². The van der Waals surface area contributed by atoms with Crippen molar-refractivity contribution in [2.75, 3.05) is 0 Å². The average Bonchev–Trinajstić information content (AvgIpc) is 3.13. The molecular formula is C19H19N5O4. The fourth-order valence-electron chi connectivity index (χ4n) is 2.78. The van der Waals surface area contributed by atoms with E-state index >= 15 is 0 Å². The van der Waals surface area contributed by atoms with Gasteiger partial charge in [-0.3, -0.25) is 4.79 Å². The standard InChI is InChI=1S/C19H19N5O4/c1-11-8-12(2)10-13(9-11)16(19(26)27)22-14(25)4-5-15-23-18(24-28-15)17-20-6-3-7-21-17/h3,6-10,16H,4-5H2,1-2H3,(H,22,25)(H,26,27). The summed E-state index contributed by atoms with van der Waals surface area (Å²) in [6.07, 6.45) is 3.30. The van der Waals surface area contributed by atoms with E-state index < -0.39 is 17.9 Å². The molecule has 9 heteroatoms. The molecule has 3 rings (SSSR count). The number of rotatable bonds is 7. The summed E-state index contributed by atoms with van der Waals surface area (Å²) in [6, 6.07) is 5.98. The molecule has 2 aromatic heterocycles. The molecule has 0 spiro atoms. The van der Waals surface area contributed by atoms with Crippen molar-refractivity contribution in [1.82, 2.24) is 25.4 Å². The van der Waals surface area contributed by atoms with Crippen LogP contribution in [0.2, 0.25) is 0 Å². The van der Waals surface area contributed by atoms with Gasteiger partial charge in [-0.2, -0.15) is 4.98 Å². The van der Waals surface area contributed by atoms with E-state index in [0.29, 0.717) is 11.4 Å². The third-order valence-corrected chi connectivity index (χ3v) is 3.93. The molecule has 1 aromatic carbocycles. The number of aromatic nitrogens is 4. The average molecular weight is 381 g/mol. The van der Waals surface area contributed by atoms with Gasteiger partial charge >= 0.3 is 5.97 Å². The number of carboxylic acids is 1. The number of carboxylic acid groups (broad SMARTS) is 1. The number of hydrogen-bond acceptors (Lipinski definition) is 7. The first kappa shape index (κ1) is 19.2. The number of nitrogens with zero attached hydrogens (tertiary/aromatic N) is 4. The van der Waals surface area contributed by atoms with Crippen molar-refractivity contribution in [3.05, 3.63) is 59.2 Å². The Morgan fingerprint density at radius 1 is 1.11 bits per heavy atom. The van der Waals surface area contributed by atoms with Gasteiger partial charge in [0.15, 0.2) is 6.04 Å². The van der Waals surface area contributed by atoms with Gasteiger partial charge in [0.1, 0.15) is 0 Å². The molecule has 1 unspecified atom stereocenters. The molecule has 0 saturated carbocycles. The molecule has 0 radical (unpaired) electrons. The molecule has 2 heterocycles. The Kier molecular flexibility index (Phi) is 5.73. The van der Waals surface area contributed by atoms with Crippen molar-refractivity contribution in [2.45, 2.75) is 32.7 Å². The number of amides is 1. The predicted molar refractivity (Wildman–Crippen MR) is 98.1 cm³/mol. The second-order valence-corrected chi connectivity index (χ2v) is 6.34. The van der Waals surface area contributed by atoms with Crippen LogP contribution in [0.5, 0.6) is 0 Å². The van der Waals surface area contributed by atoms with Gasteiger partial charge in [-0.05, 0) is 25.5 Å². The number of carbonyl (C=O) groups is 2. The van der Waals surface area contributed by atoms with Gasteiger partial charge in [-0.1, -0.05) is 34.5 Å². The van der Waals surface area contributed by atoms with Gasteiger partial charge in [0, 0.05) is 25.2 Å². The molecule has 0 saturated heterocycles. The number of aliphatic carboxylic acids is 1. The minimum Gasteiger partial charge on any atom is -0.479 e. The smallest absolute Gasteiger partial charge is 0.330 e. The van der Waals surface area contributed by atoms with Crippen LogP contribution in [0.4, 0.5) is 0 Å². The van der Waals surface area contributed by atoms with Crippen LogP contribution in [-0.4, -0.2) is 37.1 Å². The molecular weight excluding hydrogens is 362 g/mol. The van der Waals surface area contributed by atoms with E-state index in [4.69, 9.17) is 4.52 Å². The number of nitrogens with one attached hydrogen (secondary N) is 1. The van der Waals surface area contributed by atoms with Crippen molar-refractivity contribution in [3.63, 3.8) is 0 Å². The molecule has 0 aliphatic carbocycles. The van der Waals surface area contributed by atoms with Gasteiger partial charge in [0.05, 0.1) is 0 Å². The fourth-order valence-corrected chi connectivity index (χ4v) is 2.78. The van der Waals surface area contributed by atoms with Crippen LogP contribution in [-0.2, 0) is 16.0 Å². The normalized spacial score (nSPS) is 11.8. The minimum absolute atomic E-state index is 0.00581. The van der Waals surface area contributed by atoms with Gasteiger partial charge in [-0.15, -0.1) is 0 Å². The number of hydrogen-bond donors (Lipinski definition) is 2. The summed E-state index contributed by atoms with van der Waals surface area (Å²) in [6.45, 7) is 3.75. The maximum atomic E-state index is 12.3. The lowest BCUT2D eigenvalue weighted by Gasteiger charge is -2.16. The quantitative estimate of drug-likeness (QED) is 0.635. The summed E-state index contributed by atoms with van der Waals surface area (Å²) >= 11 is 0. The number of carbonyl (C=O) groups excluding carboxylic acids is 1. The SMILES string of the molecule is Cc1cc(C)cc(C(NC(=O)CCc2nc(-c3ncccn3)no2)C(=O)O)c1. The molecule has 28 heavy (non-hydrogen) atoms. The molecule has 0 aliphatic rings. The van der Waals surface area contributed by atoms with Crippen molar-refractivity contribution in [1.29, 1.82) is 0 Å². The van der Waals surface area contributed by atoms with Gasteiger partial charge in [0.2, 0.25) is 23.4 Å². The lowest BCUT2D eigenvalue weighted by atomic mass is 10.0. The zero-order chi connectivity index (χ0) is 20.1. The summed E-state index contributed by atoms with van der Waals surface area (Å²) in [5.74, 6) is -0.754. The van der Waals surface area contributed by atoms with E-state index in [-0.39, 0.29) is 24.6 Å². The van der Waals surface area contributed by atoms with E-state index in [9.17, 15) is 14.7 Å². The molecule has 1 amide bonds. The van der Waals surface area contributed by atoms with Crippen LogP contribution in [0, 0.1) is 13.8 Å². The number of aryl methyl sites for hydroxylation is 3. The van der Waals surface area contributed by atoms with Crippen molar-refractivity contribution in [3.8, 4) is 11.6 Å². The van der Waals surface area contributed by atoms with Crippen molar-refractivity contribution in [2.24, 2.45) is 0 Å². The third kappa shape index (κ3) is 4.76. The molecule has 0 bridgehead atoms. The summed E-state index contributed by atoms with van der Waals surface area (Å²) in [4.78, 5) is 36.1. The zero-order valence-corrected chi connectivity index (χ0v) is 15.4.